The third kappa shape index (κ3) is 6.16. The SMILES string of the molecule is C=C1NC(C)=CC(C)=C1CNc1c(C)c(N(CC)C2CCCCC2)cc(-c2ccc3c(c2)N(CCC)CC32CCCCC2)c1Cl. The fraction of sp³-hybridized carbons (Fsp3) is 0.550. The Bertz CT molecular complexity index is 1490. The maximum atomic E-state index is 7.50. The number of halogens is 1. The summed E-state index contributed by atoms with van der Waals surface area (Å²) in [6.45, 7) is 19.5. The Hall–Kier alpha value is -2.85. The molecule has 45 heavy (non-hydrogen) atoms. The van der Waals surface area contributed by atoms with E-state index in [-0.39, 0.29) is 0 Å². The fourth-order valence-corrected chi connectivity index (χ4v) is 9.34. The van der Waals surface area contributed by atoms with E-state index in [1.807, 2.05) is 0 Å². The minimum Gasteiger partial charge on any atom is -0.379 e. The molecule has 2 saturated carbocycles. The molecule has 2 aromatic rings. The molecule has 0 saturated heterocycles. The summed E-state index contributed by atoms with van der Waals surface area (Å²) < 4.78 is 0. The van der Waals surface area contributed by atoms with Gasteiger partial charge in [0.15, 0.2) is 0 Å². The summed E-state index contributed by atoms with van der Waals surface area (Å²) in [5.74, 6) is 0. The zero-order chi connectivity index (χ0) is 31.7. The Balaban J connectivity index is 1.45. The van der Waals surface area contributed by atoms with Gasteiger partial charge in [0.1, 0.15) is 0 Å². The maximum Gasteiger partial charge on any atom is 0.0720 e. The molecule has 4 aliphatic rings. The number of fused-ring (bicyclic) bond motifs is 2. The smallest absolute Gasteiger partial charge is 0.0720 e. The van der Waals surface area contributed by atoms with Gasteiger partial charge in [-0.1, -0.05) is 75.8 Å². The van der Waals surface area contributed by atoms with E-state index in [4.69, 9.17) is 11.6 Å². The van der Waals surface area contributed by atoms with E-state index in [1.54, 1.807) is 5.56 Å². The Labute approximate surface area is 278 Å². The molecule has 0 atom stereocenters. The zero-order valence-electron chi connectivity index (χ0n) is 28.6. The summed E-state index contributed by atoms with van der Waals surface area (Å²) in [5, 5.41) is 8.08. The van der Waals surface area contributed by atoms with Crippen molar-refractivity contribution in [2.75, 3.05) is 41.3 Å². The van der Waals surface area contributed by atoms with Crippen molar-refractivity contribution in [2.45, 2.75) is 117 Å². The van der Waals surface area contributed by atoms with Crippen LogP contribution in [0.25, 0.3) is 11.1 Å². The molecule has 2 fully saturated rings. The fourth-order valence-electron chi connectivity index (χ4n) is 8.96. The third-order valence-electron chi connectivity index (χ3n) is 11.2. The highest BCUT2D eigenvalue weighted by atomic mass is 35.5. The van der Waals surface area contributed by atoms with Crippen LogP contribution < -0.4 is 20.4 Å². The van der Waals surface area contributed by atoms with E-state index >= 15 is 0 Å². The summed E-state index contributed by atoms with van der Waals surface area (Å²) in [6.07, 6.45) is 16.6. The first-order valence-corrected chi connectivity index (χ1v) is 18.2. The van der Waals surface area contributed by atoms with Gasteiger partial charge < -0.3 is 20.4 Å². The predicted molar refractivity (Wildman–Crippen MR) is 196 cm³/mol. The van der Waals surface area contributed by atoms with Crippen LogP contribution in [-0.2, 0) is 5.41 Å². The summed E-state index contributed by atoms with van der Waals surface area (Å²) in [5.41, 5.74) is 13.9. The Morgan fingerprint density at radius 1 is 1.02 bits per heavy atom. The van der Waals surface area contributed by atoms with E-state index in [1.165, 1.54) is 111 Å². The molecule has 1 spiro atoms. The van der Waals surface area contributed by atoms with Crippen LogP contribution in [-0.4, -0.2) is 32.2 Å². The second-order valence-corrected chi connectivity index (χ2v) is 14.7. The number of nitrogens with one attached hydrogen (secondary N) is 2. The Morgan fingerprint density at radius 2 is 1.76 bits per heavy atom. The molecule has 2 aromatic carbocycles. The highest BCUT2D eigenvalue weighted by Gasteiger charge is 2.43. The maximum absolute atomic E-state index is 7.50. The lowest BCUT2D eigenvalue weighted by Gasteiger charge is -2.37. The molecular formula is C40H55ClN4. The number of nitrogens with zero attached hydrogens (tertiary/aromatic N) is 2. The van der Waals surface area contributed by atoms with Gasteiger partial charge in [0, 0.05) is 66.0 Å². The van der Waals surface area contributed by atoms with Crippen LogP contribution in [0.5, 0.6) is 0 Å². The van der Waals surface area contributed by atoms with Crippen LogP contribution in [0.1, 0.15) is 109 Å². The second-order valence-electron chi connectivity index (χ2n) is 14.3. The molecule has 0 bridgehead atoms. The molecule has 4 nitrogen and oxygen atoms in total. The lowest BCUT2D eigenvalue weighted by molar-refractivity contribution is 0.310. The van der Waals surface area contributed by atoms with Crippen LogP contribution >= 0.6 is 11.6 Å². The number of anilines is 3. The van der Waals surface area contributed by atoms with E-state index in [0.717, 1.165) is 40.8 Å². The molecule has 0 aromatic heterocycles. The van der Waals surface area contributed by atoms with Gasteiger partial charge in [-0.15, -0.1) is 0 Å². The molecule has 0 radical (unpaired) electrons. The molecule has 2 N–H and O–H groups in total. The van der Waals surface area contributed by atoms with Crippen molar-refractivity contribution in [2.24, 2.45) is 0 Å². The molecule has 0 unspecified atom stereocenters. The first-order valence-electron chi connectivity index (χ1n) is 17.8. The number of hydrogen-bond donors (Lipinski definition) is 2. The highest BCUT2D eigenvalue weighted by molar-refractivity contribution is 6.36. The van der Waals surface area contributed by atoms with Crippen molar-refractivity contribution in [1.82, 2.24) is 5.32 Å². The van der Waals surface area contributed by atoms with Gasteiger partial charge in [0.2, 0.25) is 0 Å². The number of allylic oxidation sites excluding steroid dienone is 3. The monoisotopic (exact) mass is 626 g/mol. The van der Waals surface area contributed by atoms with Gasteiger partial charge in [0.25, 0.3) is 0 Å². The van der Waals surface area contributed by atoms with Crippen LogP contribution in [0.4, 0.5) is 17.1 Å². The molecule has 5 heteroatoms. The molecular weight excluding hydrogens is 572 g/mol. The van der Waals surface area contributed by atoms with Crippen molar-refractivity contribution < 1.29 is 0 Å². The van der Waals surface area contributed by atoms with Crippen molar-refractivity contribution in [3.63, 3.8) is 0 Å². The Morgan fingerprint density at radius 3 is 2.44 bits per heavy atom. The average Bonchev–Trinajstić information content (AvgIpc) is 3.31. The van der Waals surface area contributed by atoms with E-state index < -0.39 is 0 Å². The van der Waals surface area contributed by atoms with E-state index in [9.17, 15) is 0 Å². The summed E-state index contributed by atoms with van der Waals surface area (Å²) in [4.78, 5) is 5.35. The third-order valence-corrected chi connectivity index (χ3v) is 11.6. The lowest BCUT2D eigenvalue weighted by Crippen LogP contribution is -2.37. The van der Waals surface area contributed by atoms with Crippen LogP contribution in [0, 0.1) is 6.92 Å². The van der Waals surface area contributed by atoms with Gasteiger partial charge in [-0.05, 0) is 106 Å². The van der Waals surface area contributed by atoms with E-state index in [2.05, 4.69) is 92.0 Å². The minimum atomic E-state index is 0.324. The second kappa shape index (κ2) is 13.5. The van der Waals surface area contributed by atoms with Crippen molar-refractivity contribution in [3.05, 3.63) is 75.6 Å². The molecule has 6 rings (SSSR count). The number of rotatable bonds is 9. The molecule has 2 heterocycles. The largest absolute Gasteiger partial charge is 0.379 e. The van der Waals surface area contributed by atoms with Gasteiger partial charge in [-0.2, -0.15) is 0 Å². The summed E-state index contributed by atoms with van der Waals surface area (Å²) >= 11 is 7.50. The minimum absolute atomic E-state index is 0.324. The molecule has 2 aliphatic carbocycles. The Kier molecular flexibility index (Phi) is 9.62. The summed E-state index contributed by atoms with van der Waals surface area (Å²) in [7, 11) is 0. The van der Waals surface area contributed by atoms with Gasteiger partial charge in [-0.3, -0.25) is 0 Å². The number of benzene rings is 2. The number of hydrogen-bond acceptors (Lipinski definition) is 4. The van der Waals surface area contributed by atoms with Gasteiger partial charge in [-0.25, -0.2) is 0 Å². The molecule has 2 aliphatic heterocycles. The molecule has 242 valence electrons. The van der Waals surface area contributed by atoms with E-state index in [0.29, 0.717) is 18.0 Å². The predicted octanol–water partition coefficient (Wildman–Crippen LogP) is 10.7. The van der Waals surface area contributed by atoms with Crippen molar-refractivity contribution in [1.29, 1.82) is 0 Å². The summed E-state index contributed by atoms with van der Waals surface area (Å²) in [6, 6.07) is 10.3. The average molecular weight is 627 g/mol. The van der Waals surface area contributed by atoms with Crippen molar-refractivity contribution in [3.8, 4) is 11.1 Å². The molecule has 0 amide bonds. The normalized spacial score (nSPS) is 19.9. The van der Waals surface area contributed by atoms with Gasteiger partial charge in [0.05, 0.1) is 10.7 Å². The van der Waals surface area contributed by atoms with Crippen LogP contribution in [0.2, 0.25) is 5.02 Å². The zero-order valence-corrected chi connectivity index (χ0v) is 29.3. The number of dihydropyridines is 1. The van der Waals surface area contributed by atoms with Gasteiger partial charge >= 0.3 is 0 Å². The lowest BCUT2D eigenvalue weighted by atomic mass is 9.70. The quantitative estimate of drug-likeness (QED) is 0.290. The first kappa shape index (κ1) is 32.1. The van der Waals surface area contributed by atoms with Crippen molar-refractivity contribution >= 4 is 28.7 Å². The topological polar surface area (TPSA) is 30.5 Å². The highest BCUT2D eigenvalue weighted by Crippen LogP contribution is 2.51. The standard InChI is InChI=1S/C40H55ClN4/c1-7-21-44-26-40(19-13-10-14-20-40)35-18-17-31(23-37(35)44)33-24-36(45(8-2)32-15-11-9-12-16-32)29(5)39(38(33)41)42-25-34-27(3)22-28(4)43-30(34)6/h17-18,22-24,32,42-43H,6-16,19-21,25-26H2,1-5H3. The van der Waals surface area contributed by atoms with Crippen LogP contribution in [0.3, 0.4) is 0 Å². The first-order chi connectivity index (χ1) is 21.8. The van der Waals surface area contributed by atoms with Crippen LogP contribution in [0.15, 0.2) is 59.5 Å².